The summed E-state index contributed by atoms with van der Waals surface area (Å²) in [6, 6.07) is 12.1. The maximum atomic E-state index is 13.2. The smallest absolute Gasteiger partial charge is 0.416 e. The summed E-state index contributed by atoms with van der Waals surface area (Å²) >= 11 is 5.58. The molecule has 39 heavy (non-hydrogen) atoms. The van der Waals surface area contributed by atoms with Crippen LogP contribution in [0.2, 0.25) is 0 Å². The first kappa shape index (κ1) is 28.3. The maximum absolute atomic E-state index is 13.2. The molecule has 0 aromatic heterocycles. The number of methoxy groups -OCH3 is 2. The Kier molecular flexibility index (Phi) is 8.15. The van der Waals surface area contributed by atoms with Crippen molar-refractivity contribution in [2.24, 2.45) is 0 Å². The van der Waals surface area contributed by atoms with Crippen LogP contribution in [0, 0.1) is 0 Å². The van der Waals surface area contributed by atoms with Crippen LogP contribution in [0.15, 0.2) is 60.7 Å². The SMILES string of the molecule is COc1cc2c(cc1OC)C(COc1cccc(C(F)(F)F)c1)N(C(=S)Nc1cccc(C(F)(F)F)c1)CC2. The van der Waals surface area contributed by atoms with Crippen molar-refractivity contribution in [1.82, 2.24) is 4.90 Å². The molecule has 208 valence electrons. The van der Waals surface area contributed by atoms with E-state index in [0.29, 0.717) is 24.5 Å². The van der Waals surface area contributed by atoms with Gasteiger partial charge in [0.2, 0.25) is 0 Å². The maximum Gasteiger partial charge on any atom is 0.416 e. The molecule has 0 spiro atoms. The molecule has 1 N–H and O–H groups in total. The molecule has 1 atom stereocenters. The number of benzene rings is 3. The van der Waals surface area contributed by atoms with Crippen LogP contribution in [0.25, 0.3) is 0 Å². The Bertz CT molecular complexity index is 1350. The molecule has 3 aromatic carbocycles. The fraction of sp³-hybridized carbons (Fsp3) is 0.296. The van der Waals surface area contributed by atoms with Crippen LogP contribution in [0.3, 0.4) is 0 Å². The molecule has 0 saturated carbocycles. The number of nitrogens with one attached hydrogen (secondary N) is 1. The van der Waals surface area contributed by atoms with E-state index in [0.717, 1.165) is 35.4 Å². The molecule has 0 radical (unpaired) electrons. The van der Waals surface area contributed by atoms with E-state index >= 15 is 0 Å². The predicted molar refractivity (Wildman–Crippen MR) is 137 cm³/mol. The molecule has 0 bridgehead atoms. The van der Waals surface area contributed by atoms with Gasteiger partial charge < -0.3 is 24.4 Å². The third-order valence-electron chi connectivity index (χ3n) is 6.27. The van der Waals surface area contributed by atoms with E-state index in [9.17, 15) is 26.3 Å². The number of fused-ring (bicyclic) bond motifs is 1. The predicted octanol–water partition coefficient (Wildman–Crippen LogP) is 7.12. The summed E-state index contributed by atoms with van der Waals surface area (Å²) in [4.78, 5) is 1.73. The highest BCUT2D eigenvalue weighted by Gasteiger charge is 2.34. The van der Waals surface area contributed by atoms with E-state index < -0.39 is 29.5 Å². The molecule has 0 fully saturated rings. The second-order valence-corrected chi connectivity index (χ2v) is 9.10. The zero-order chi connectivity index (χ0) is 28.4. The van der Waals surface area contributed by atoms with Crippen molar-refractivity contribution in [2.45, 2.75) is 24.8 Å². The van der Waals surface area contributed by atoms with Crippen LogP contribution < -0.4 is 19.5 Å². The summed E-state index contributed by atoms with van der Waals surface area (Å²) in [6.07, 6.45) is -8.55. The summed E-state index contributed by atoms with van der Waals surface area (Å²) in [5, 5.41) is 2.99. The minimum Gasteiger partial charge on any atom is -0.493 e. The standard InChI is InChI=1S/C27H24F6N2O3S/c1-36-23-11-16-9-10-35(25(39)34-19-7-3-5-17(12-19)26(28,29)30)22(21(16)14-24(23)37-2)15-38-20-8-4-6-18(13-20)27(31,32)33/h3-8,11-14,22H,9-10,15H2,1-2H3,(H,34,39). The van der Waals surface area contributed by atoms with Crippen LogP contribution in [-0.4, -0.2) is 37.4 Å². The second-order valence-electron chi connectivity index (χ2n) is 8.71. The van der Waals surface area contributed by atoms with Gasteiger partial charge >= 0.3 is 12.4 Å². The fourth-order valence-corrected chi connectivity index (χ4v) is 4.69. The lowest BCUT2D eigenvalue weighted by Gasteiger charge is -2.39. The highest BCUT2D eigenvalue weighted by Crippen LogP contribution is 2.39. The van der Waals surface area contributed by atoms with Gasteiger partial charge in [0.25, 0.3) is 0 Å². The molecule has 1 unspecified atom stereocenters. The van der Waals surface area contributed by atoms with E-state index in [-0.39, 0.29) is 23.2 Å². The number of hydrogen-bond acceptors (Lipinski definition) is 4. The van der Waals surface area contributed by atoms with Gasteiger partial charge in [-0.25, -0.2) is 0 Å². The second kappa shape index (κ2) is 11.2. The van der Waals surface area contributed by atoms with Crippen LogP contribution in [0.4, 0.5) is 32.0 Å². The number of rotatable bonds is 6. The van der Waals surface area contributed by atoms with Gasteiger partial charge in [0.1, 0.15) is 12.4 Å². The van der Waals surface area contributed by atoms with Crippen LogP contribution >= 0.6 is 12.2 Å². The number of nitrogens with zero attached hydrogens (tertiary/aromatic N) is 1. The lowest BCUT2D eigenvalue weighted by Crippen LogP contribution is -2.44. The van der Waals surface area contributed by atoms with E-state index in [1.165, 1.54) is 38.5 Å². The topological polar surface area (TPSA) is 43.0 Å². The Morgan fingerprint density at radius 3 is 2.15 bits per heavy atom. The third kappa shape index (κ3) is 6.49. The quantitative estimate of drug-likeness (QED) is 0.252. The summed E-state index contributed by atoms with van der Waals surface area (Å²) < 4.78 is 95.9. The average molecular weight is 571 g/mol. The van der Waals surface area contributed by atoms with Crippen LogP contribution in [0.1, 0.15) is 28.3 Å². The first-order chi connectivity index (χ1) is 18.4. The van der Waals surface area contributed by atoms with Crippen molar-refractivity contribution in [2.75, 3.05) is 32.7 Å². The first-order valence-electron chi connectivity index (χ1n) is 11.7. The van der Waals surface area contributed by atoms with Crippen molar-refractivity contribution in [3.63, 3.8) is 0 Å². The molecule has 0 aliphatic carbocycles. The van der Waals surface area contributed by atoms with E-state index in [1.54, 1.807) is 11.0 Å². The molecule has 4 rings (SSSR count). The number of alkyl halides is 6. The van der Waals surface area contributed by atoms with Crippen molar-refractivity contribution in [1.29, 1.82) is 0 Å². The molecule has 12 heteroatoms. The number of anilines is 1. The van der Waals surface area contributed by atoms with Crippen LogP contribution in [-0.2, 0) is 18.8 Å². The number of thiocarbonyl (C=S) groups is 1. The lowest BCUT2D eigenvalue weighted by molar-refractivity contribution is -0.138. The summed E-state index contributed by atoms with van der Waals surface area (Å²) in [5.41, 5.74) is 0.0857. The summed E-state index contributed by atoms with van der Waals surface area (Å²) in [5.74, 6) is 0.944. The molecule has 1 heterocycles. The van der Waals surface area contributed by atoms with Gasteiger partial charge in [-0.1, -0.05) is 12.1 Å². The molecule has 5 nitrogen and oxygen atoms in total. The number of ether oxygens (including phenoxy) is 3. The molecule has 0 amide bonds. The Labute approximate surface area is 226 Å². The molecule has 1 aliphatic rings. The molecular weight excluding hydrogens is 546 g/mol. The van der Waals surface area contributed by atoms with Gasteiger partial charge in [0.15, 0.2) is 16.6 Å². The molecule has 1 aliphatic heterocycles. The highest BCUT2D eigenvalue weighted by molar-refractivity contribution is 7.80. The molecule has 0 saturated heterocycles. The van der Waals surface area contributed by atoms with Gasteiger partial charge in [0, 0.05) is 12.2 Å². The number of hydrogen-bond donors (Lipinski definition) is 1. The Morgan fingerprint density at radius 2 is 1.51 bits per heavy atom. The third-order valence-corrected chi connectivity index (χ3v) is 6.61. The zero-order valence-electron chi connectivity index (χ0n) is 20.8. The summed E-state index contributed by atoms with van der Waals surface area (Å²) in [6.45, 7) is 0.262. The van der Waals surface area contributed by atoms with Crippen molar-refractivity contribution in [3.8, 4) is 17.2 Å². The first-order valence-corrected chi connectivity index (χ1v) is 12.1. The Morgan fingerprint density at radius 1 is 0.897 bits per heavy atom. The minimum absolute atomic E-state index is 0.00845. The van der Waals surface area contributed by atoms with Gasteiger partial charge in [-0.15, -0.1) is 0 Å². The monoisotopic (exact) mass is 570 g/mol. The van der Waals surface area contributed by atoms with Gasteiger partial charge in [-0.05, 0) is 78.3 Å². The largest absolute Gasteiger partial charge is 0.493 e. The van der Waals surface area contributed by atoms with Crippen molar-refractivity contribution >= 4 is 23.0 Å². The minimum atomic E-state index is -4.54. The van der Waals surface area contributed by atoms with E-state index in [4.69, 9.17) is 26.4 Å². The fourth-order valence-electron chi connectivity index (χ4n) is 4.36. The Hall–Kier alpha value is -3.67. The van der Waals surface area contributed by atoms with Gasteiger partial charge in [0.05, 0.1) is 31.4 Å². The zero-order valence-corrected chi connectivity index (χ0v) is 21.6. The van der Waals surface area contributed by atoms with Gasteiger partial charge in [-0.2, -0.15) is 26.3 Å². The summed E-state index contributed by atoms with van der Waals surface area (Å²) in [7, 11) is 2.97. The lowest BCUT2D eigenvalue weighted by atomic mass is 9.92. The van der Waals surface area contributed by atoms with E-state index in [2.05, 4.69) is 5.32 Å². The Balaban J connectivity index is 1.65. The van der Waals surface area contributed by atoms with Crippen LogP contribution in [0.5, 0.6) is 17.2 Å². The normalized spacial score (nSPS) is 15.4. The highest BCUT2D eigenvalue weighted by atomic mass is 32.1. The van der Waals surface area contributed by atoms with Gasteiger partial charge in [-0.3, -0.25) is 0 Å². The van der Waals surface area contributed by atoms with E-state index in [1.807, 2.05) is 6.07 Å². The average Bonchev–Trinajstić information content (AvgIpc) is 2.90. The number of halogens is 6. The van der Waals surface area contributed by atoms with Crippen molar-refractivity contribution in [3.05, 3.63) is 82.9 Å². The molecular formula is C27H24F6N2O3S. The van der Waals surface area contributed by atoms with Crippen molar-refractivity contribution < 1.29 is 40.6 Å². The molecule has 3 aromatic rings.